The highest BCUT2D eigenvalue weighted by Crippen LogP contribution is 2.52. The minimum absolute atomic E-state index is 0.461. The lowest BCUT2D eigenvalue weighted by molar-refractivity contribution is 0.0633. The van der Waals surface area contributed by atoms with Crippen molar-refractivity contribution in [3.8, 4) is 0 Å². The lowest BCUT2D eigenvalue weighted by Gasteiger charge is -2.51. The van der Waals surface area contributed by atoms with E-state index in [-0.39, 0.29) is 0 Å². The highest BCUT2D eigenvalue weighted by molar-refractivity contribution is 6.39. The lowest BCUT2D eigenvalue weighted by Crippen LogP contribution is -2.43. The van der Waals surface area contributed by atoms with Crippen molar-refractivity contribution in [2.24, 2.45) is 17.8 Å². The largest absolute Gasteiger partial charge is 0.0985 e. The van der Waals surface area contributed by atoms with E-state index in [4.69, 9.17) is 15.7 Å². The van der Waals surface area contributed by atoms with Crippen molar-refractivity contribution in [1.29, 1.82) is 0 Å². The summed E-state index contributed by atoms with van der Waals surface area (Å²) in [5.41, 5.74) is 0. The quantitative estimate of drug-likeness (QED) is 0.556. The fourth-order valence-corrected chi connectivity index (χ4v) is 2.83. The summed E-state index contributed by atoms with van der Waals surface area (Å²) in [6, 6.07) is 0. The molecule has 0 heterocycles. The predicted molar refractivity (Wildman–Crippen MR) is 55.5 cm³/mol. The average Bonchev–Trinajstić information content (AvgIpc) is 1.82. The Balaban J connectivity index is 2.50. The molecular formula is C10H18B2. The van der Waals surface area contributed by atoms with Crippen LogP contribution in [0, 0.1) is 17.8 Å². The summed E-state index contributed by atoms with van der Waals surface area (Å²) >= 11 is 0. The van der Waals surface area contributed by atoms with E-state index in [9.17, 15) is 0 Å². The van der Waals surface area contributed by atoms with E-state index in [1.165, 1.54) is 19.3 Å². The molecule has 0 aliphatic heterocycles. The lowest BCUT2D eigenvalue weighted by atomic mass is 9.40. The Hall–Kier alpha value is 0.130. The van der Waals surface area contributed by atoms with E-state index in [2.05, 4.69) is 13.8 Å². The van der Waals surface area contributed by atoms with E-state index in [0.29, 0.717) is 5.92 Å². The molecule has 0 spiro atoms. The molecule has 0 saturated heterocycles. The van der Waals surface area contributed by atoms with Gasteiger partial charge in [-0.3, -0.25) is 0 Å². The van der Waals surface area contributed by atoms with Crippen LogP contribution in [-0.2, 0) is 0 Å². The van der Waals surface area contributed by atoms with Gasteiger partial charge in [0.1, 0.15) is 0 Å². The van der Waals surface area contributed by atoms with Gasteiger partial charge in [-0.2, -0.15) is 0 Å². The monoisotopic (exact) mass is 160 g/mol. The first kappa shape index (κ1) is 10.2. The number of rotatable bonds is 3. The fourth-order valence-electron chi connectivity index (χ4n) is 2.83. The second kappa shape index (κ2) is 3.47. The molecule has 2 heteroatoms. The normalized spacial score (nSPS) is 36.1. The van der Waals surface area contributed by atoms with Crippen molar-refractivity contribution in [1.82, 2.24) is 0 Å². The first-order valence-electron chi connectivity index (χ1n) is 5.04. The third-order valence-corrected chi connectivity index (χ3v) is 3.17. The second-order valence-corrected chi connectivity index (χ2v) is 4.65. The fraction of sp³-hybridized carbons (Fsp3) is 1.00. The zero-order valence-corrected chi connectivity index (χ0v) is 8.51. The maximum absolute atomic E-state index is 5.93. The van der Waals surface area contributed by atoms with Crippen LogP contribution in [0.15, 0.2) is 0 Å². The van der Waals surface area contributed by atoms with Crippen molar-refractivity contribution < 1.29 is 0 Å². The van der Waals surface area contributed by atoms with Gasteiger partial charge in [0.05, 0.1) is 15.7 Å². The third kappa shape index (κ3) is 1.89. The Morgan fingerprint density at radius 1 is 1.42 bits per heavy atom. The Morgan fingerprint density at radius 3 is 2.33 bits per heavy atom. The molecule has 64 valence electrons. The van der Waals surface area contributed by atoms with E-state index in [1.54, 1.807) is 0 Å². The van der Waals surface area contributed by atoms with Crippen LogP contribution in [0.1, 0.15) is 40.0 Å². The van der Waals surface area contributed by atoms with Crippen LogP contribution in [0.5, 0.6) is 0 Å². The van der Waals surface area contributed by atoms with Crippen molar-refractivity contribution in [2.45, 2.75) is 45.2 Å². The summed E-state index contributed by atoms with van der Waals surface area (Å²) in [7, 11) is 11.9. The minimum atomic E-state index is -0.461. The molecule has 1 rings (SSSR count). The summed E-state index contributed by atoms with van der Waals surface area (Å²) in [5.74, 6) is 2.05. The number of hydrogen-bond acceptors (Lipinski definition) is 0. The van der Waals surface area contributed by atoms with Crippen LogP contribution < -0.4 is 0 Å². The zero-order valence-electron chi connectivity index (χ0n) is 8.51. The van der Waals surface area contributed by atoms with Gasteiger partial charge in [0.2, 0.25) is 0 Å². The van der Waals surface area contributed by atoms with Gasteiger partial charge >= 0.3 is 0 Å². The van der Waals surface area contributed by atoms with Gasteiger partial charge in [-0.05, 0) is 24.2 Å². The molecule has 1 aliphatic carbocycles. The van der Waals surface area contributed by atoms with Gasteiger partial charge in [0.25, 0.3) is 0 Å². The Kier molecular flexibility index (Phi) is 2.96. The standard InChI is InChI=1S/C10H18B2/c1-4-5-8-6-7(2)9(8)10(3,11)12/h7-9H,4-6H2,1-3H3. The summed E-state index contributed by atoms with van der Waals surface area (Å²) in [6.45, 7) is 6.44. The van der Waals surface area contributed by atoms with Gasteiger partial charge in [0, 0.05) is 0 Å². The van der Waals surface area contributed by atoms with E-state index < -0.39 is 5.21 Å². The highest BCUT2D eigenvalue weighted by Gasteiger charge is 2.42. The Morgan fingerprint density at radius 2 is 2.00 bits per heavy atom. The van der Waals surface area contributed by atoms with Crippen LogP contribution in [0.3, 0.4) is 0 Å². The smallest absolute Gasteiger partial charge is 0.0620 e. The van der Waals surface area contributed by atoms with Gasteiger partial charge in [-0.1, -0.05) is 38.8 Å². The highest BCUT2D eigenvalue weighted by atomic mass is 14.4. The maximum atomic E-state index is 5.93. The summed E-state index contributed by atoms with van der Waals surface area (Å²) in [6.07, 6.45) is 3.87. The molecule has 0 aromatic carbocycles. The van der Waals surface area contributed by atoms with E-state index in [1.807, 2.05) is 6.92 Å². The molecule has 0 aromatic heterocycles. The predicted octanol–water partition coefficient (Wildman–Crippen LogP) is 2.53. The average molecular weight is 160 g/mol. The van der Waals surface area contributed by atoms with Crippen LogP contribution in [0.2, 0.25) is 5.21 Å². The molecule has 1 aliphatic rings. The molecule has 0 N–H and O–H groups in total. The van der Waals surface area contributed by atoms with Crippen molar-refractivity contribution in [3.05, 3.63) is 0 Å². The van der Waals surface area contributed by atoms with Crippen LogP contribution in [-0.4, -0.2) is 15.7 Å². The Bertz CT molecular complexity index is 146. The SMILES string of the molecule is [B]C([B])(C)C1C(C)CC1CCC. The van der Waals surface area contributed by atoms with Crippen molar-refractivity contribution in [2.75, 3.05) is 0 Å². The first-order valence-corrected chi connectivity index (χ1v) is 5.04. The van der Waals surface area contributed by atoms with Crippen LogP contribution in [0.4, 0.5) is 0 Å². The van der Waals surface area contributed by atoms with Gasteiger partial charge in [-0.25, -0.2) is 0 Å². The minimum Gasteiger partial charge on any atom is -0.0985 e. The molecule has 1 saturated carbocycles. The molecular weight excluding hydrogens is 142 g/mol. The maximum Gasteiger partial charge on any atom is 0.0620 e. The summed E-state index contributed by atoms with van der Waals surface area (Å²) in [5, 5.41) is -0.461. The number of hydrogen-bond donors (Lipinski definition) is 0. The molecule has 0 bridgehead atoms. The van der Waals surface area contributed by atoms with Crippen molar-refractivity contribution in [3.63, 3.8) is 0 Å². The molecule has 0 amide bonds. The zero-order chi connectivity index (χ0) is 9.35. The van der Waals surface area contributed by atoms with Crippen molar-refractivity contribution >= 4 is 15.7 Å². The van der Waals surface area contributed by atoms with Gasteiger partial charge in [0.15, 0.2) is 0 Å². The molecule has 0 nitrogen and oxygen atoms in total. The molecule has 0 aromatic rings. The second-order valence-electron chi connectivity index (χ2n) is 4.65. The van der Waals surface area contributed by atoms with E-state index >= 15 is 0 Å². The Labute approximate surface area is 79.3 Å². The van der Waals surface area contributed by atoms with Crippen LogP contribution in [0.25, 0.3) is 0 Å². The molecule has 1 fully saturated rings. The molecule has 4 radical (unpaired) electrons. The summed E-state index contributed by atoms with van der Waals surface area (Å²) in [4.78, 5) is 0. The van der Waals surface area contributed by atoms with Gasteiger partial charge < -0.3 is 0 Å². The molecule has 3 atom stereocenters. The summed E-state index contributed by atoms with van der Waals surface area (Å²) < 4.78 is 0. The van der Waals surface area contributed by atoms with Crippen LogP contribution >= 0.6 is 0 Å². The third-order valence-electron chi connectivity index (χ3n) is 3.17. The topological polar surface area (TPSA) is 0 Å². The molecule has 12 heavy (non-hydrogen) atoms. The first-order chi connectivity index (χ1) is 5.46. The van der Waals surface area contributed by atoms with E-state index in [0.717, 1.165) is 11.8 Å². The molecule has 3 unspecified atom stereocenters. The van der Waals surface area contributed by atoms with Gasteiger partial charge in [-0.15, -0.1) is 0 Å².